The van der Waals surface area contributed by atoms with Gasteiger partial charge in [-0.15, -0.1) is 0 Å². The lowest BCUT2D eigenvalue weighted by atomic mass is 9.95. The highest BCUT2D eigenvalue weighted by atomic mass is 19.4. The Hall–Kier alpha value is -3.16. The zero-order chi connectivity index (χ0) is 20.7. The molecule has 0 saturated heterocycles. The van der Waals surface area contributed by atoms with Crippen LogP contribution in [0.3, 0.4) is 0 Å². The number of halogens is 3. The molecule has 0 radical (unpaired) electrons. The zero-order valence-electron chi connectivity index (χ0n) is 15.1. The van der Waals surface area contributed by atoms with Crippen molar-refractivity contribution in [3.63, 3.8) is 0 Å². The largest absolute Gasteiger partial charge is 0.481 e. The predicted molar refractivity (Wildman–Crippen MR) is 98.6 cm³/mol. The number of carbonyl (C=O) groups is 2. The second kappa shape index (κ2) is 9.16. The first-order chi connectivity index (χ1) is 13.2. The van der Waals surface area contributed by atoms with Gasteiger partial charge < -0.3 is 10.4 Å². The molecule has 0 aliphatic carbocycles. The van der Waals surface area contributed by atoms with Crippen molar-refractivity contribution in [2.75, 3.05) is 5.32 Å². The molecular formula is C20H19F3N2O3. The summed E-state index contributed by atoms with van der Waals surface area (Å²) in [7, 11) is 0. The molecule has 0 fully saturated rings. The number of pyridine rings is 1. The summed E-state index contributed by atoms with van der Waals surface area (Å²) >= 11 is 0. The van der Waals surface area contributed by atoms with Crippen LogP contribution in [0.15, 0.2) is 48.8 Å². The molecule has 148 valence electrons. The van der Waals surface area contributed by atoms with Gasteiger partial charge in [0.1, 0.15) is 0 Å². The van der Waals surface area contributed by atoms with Crippen LogP contribution in [0, 0.1) is 0 Å². The van der Waals surface area contributed by atoms with Crippen LogP contribution in [-0.2, 0) is 15.8 Å². The maximum absolute atomic E-state index is 13.3. The number of nitrogens with one attached hydrogen (secondary N) is 1. The summed E-state index contributed by atoms with van der Waals surface area (Å²) in [6.07, 6.45) is 0.816. The number of alkyl halides is 3. The molecule has 5 nitrogen and oxygen atoms in total. The Morgan fingerprint density at radius 3 is 2.54 bits per heavy atom. The highest BCUT2D eigenvalue weighted by molar-refractivity contribution is 5.90. The summed E-state index contributed by atoms with van der Waals surface area (Å²) < 4.78 is 40.0. The lowest BCUT2D eigenvalue weighted by molar-refractivity contribution is -0.138. The Morgan fingerprint density at radius 2 is 1.96 bits per heavy atom. The van der Waals surface area contributed by atoms with E-state index < -0.39 is 23.6 Å². The average molecular weight is 392 g/mol. The standard InChI is InChI=1S/C20H19F3N2O3/c1-13(26)25-17-10-15(9-16(11-17)20(21,22)23)18(6-2-3-7-19(27)28)14-5-4-8-24-12-14/h4-6,8-12H,2-3,7H2,1H3,(H,25,26)(H,27,28). The molecule has 0 saturated carbocycles. The maximum Gasteiger partial charge on any atom is 0.416 e. The summed E-state index contributed by atoms with van der Waals surface area (Å²) in [5, 5.41) is 11.1. The monoisotopic (exact) mass is 392 g/mol. The number of hydrogen-bond donors (Lipinski definition) is 2. The number of amides is 1. The fourth-order valence-electron chi connectivity index (χ4n) is 2.65. The van der Waals surface area contributed by atoms with Gasteiger partial charge >= 0.3 is 12.1 Å². The minimum absolute atomic E-state index is 0.0256. The van der Waals surface area contributed by atoms with Gasteiger partial charge in [-0.25, -0.2) is 0 Å². The van der Waals surface area contributed by atoms with Crippen LogP contribution in [0.5, 0.6) is 0 Å². The first-order valence-corrected chi connectivity index (χ1v) is 8.49. The first-order valence-electron chi connectivity index (χ1n) is 8.49. The number of carbonyl (C=O) groups excluding carboxylic acids is 1. The minimum atomic E-state index is -4.59. The highest BCUT2D eigenvalue weighted by Gasteiger charge is 2.31. The molecule has 1 heterocycles. The number of nitrogens with zero attached hydrogens (tertiary/aromatic N) is 1. The third kappa shape index (κ3) is 6.22. The molecule has 0 aliphatic rings. The molecule has 2 aromatic rings. The molecule has 2 N–H and O–H groups in total. The van der Waals surface area contributed by atoms with Crippen LogP contribution in [0.1, 0.15) is 42.9 Å². The van der Waals surface area contributed by atoms with Gasteiger partial charge in [-0.2, -0.15) is 13.2 Å². The van der Waals surface area contributed by atoms with Crippen molar-refractivity contribution < 1.29 is 27.9 Å². The smallest absolute Gasteiger partial charge is 0.416 e. The summed E-state index contributed by atoms with van der Waals surface area (Å²) in [6, 6.07) is 6.68. The lowest BCUT2D eigenvalue weighted by Gasteiger charge is -2.15. The van der Waals surface area contributed by atoms with E-state index in [0.717, 1.165) is 12.1 Å². The van der Waals surface area contributed by atoms with Crippen LogP contribution >= 0.6 is 0 Å². The number of rotatable bonds is 7. The van der Waals surface area contributed by atoms with Gasteiger partial charge in [-0.3, -0.25) is 14.6 Å². The summed E-state index contributed by atoms with van der Waals surface area (Å²) in [5.74, 6) is -1.43. The van der Waals surface area contributed by atoms with Crippen molar-refractivity contribution in [2.24, 2.45) is 0 Å². The first kappa shape index (κ1) is 21.1. The van der Waals surface area contributed by atoms with E-state index in [1.54, 1.807) is 24.4 Å². The van der Waals surface area contributed by atoms with Crippen LogP contribution < -0.4 is 5.32 Å². The molecule has 1 amide bonds. The van der Waals surface area contributed by atoms with Crippen molar-refractivity contribution in [3.05, 3.63) is 65.5 Å². The molecule has 28 heavy (non-hydrogen) atoms. The van der Waals surface area contributed by atoms with Gasteiger partial charge in [0.05, 0.1) is 5.56 Å². The van der Waals surface area contributed by atoms with Crippen molar-refractivity contribution in [2.45, 2.75) is 32.4 Å². The predicted octanol–water partition coefficient (Wildman–Crippen LogP) is 4.75. The van der Waals surface area contributed by atoms with Crippen molar-refractivity contribution in [3.8, 4) is 0 Å². The quantitative estimate of drug-likeness (QED) is 0.667. The van der Waals surface area contributed by atoms with Gasteiger partial charge in [-0.05, 0) is 48.2 Å². The number of aliphatic carboxylic acids is 1. The molecule has 0 bridgehead atoms. The minimum Gasteiger partial charge on any atom is -0.481 e. The number of aromatic nitrogens is 1. The summed E-state index contributed by atoms with van der Waals surface area (Å²) in [4.78, 5) is 26.0. The average Bonchev–Trinajstić information content (AvgIpc) is 2.60. The van der Waals surface area contributed by atoms with E-state index in [-0.39, 0.29) is 17.7 Å². The van der Waals surface area contributed by atoms with Gasteiger partial charge in [-0.1, -0.05) is 12.1 Å². The number of unbranched alkanes of at least 4 members (excludes halogenated alkanes) is 1. The van der Waals surface area contributed by atoms with E-state index >= 15 is 0 Å². The topological polar surface area (TPSA) is 79.3 Å². The second-order valence-corrected chi connectivity index (χ2v) is 6.12. The van der Waals surface area contributed by atoms with E-state index in [0.29, 0.717) is 24.0 Å². The number of allylic oxidation sites excluding steroid dienone is 1. The van der Waals surface area contributed by atoms with Crippen LogP contribution in [-0.4, -0.2) is 22.0 Å². The molecule has 0 atom stereocenters. The molecule has 8 heteroatoms. The fourth-order valence-corrected chi connectivity index (χ4v) is 2.65. The van der Waals surface area contributed by atoms with Gasteiger partial charge in [0.2, 0.25) is 5.91 Å². The van der Waals surface area contributed by atoms with E-state index in [9.17, 15) is 22.8 Å². The molecular weight excluding hydrogens is 373 g/mol. The number of anilines is 1. The molecule has 0 aliphatic heterocycles. The van der Waals surface area contributed by atoms with Crippen molar-refractivity contribution in [1.82, 2.24) is 4.98 Å². The van der Waals surface area contributed by atoms with Gasteiger partial charge in [0, 0.05) is 37.0 Å². The van der Waals surface area contributed by atoms with Crippen molar-refractivity contribution in [1.29, 1.82) is 0 Å². The Balaban J connectivity index is 2.52. The molecule has 1 aromatic heterocycles. The summed E-state index contributed by atoms with van der Waals surface area (Å²) in [5.41, 5.74) is 0.454. The van der Waals surface area contributed by atoms with Crippen LogP contribution in [0.2, 0.25) is 0 Å². The molecule has 1 aromatic carbocycles. The second-order valence-electron chi connectivity index (χ2n) is 6.12. The SMILES string of the molecule is CC(=O)Nc1cc(C(=CCCCC(=O)O)c2cccnc2)cc(C(F)(F)F)c1. The number of carboxylic acid groups (broad SMARTS) is 1. The number of hydrogen-bond acceptors (Lipinski definition) is 3. The number of carboxylic acids is 1. The van der Waals surface area contributed by atoms with Gasteiger partial charge in [0.25, 0.3) is 0 Å². The van der Waals surface area contributed by atoms with E-state index in [1.807, 2.05) is 0 Å². The fraction of sp³-hybridized carbons (Fsp3) is 0.250. The van der Waals surface area contributed by atoms with Crippen LogP contribution in [0.25, 0.3) is 5.57 Å². The highest BCUT2D eigenvalue weighted by Crippen LogP contribution is 2.35. The zero-order valence-corrected chi connectivity index (χ0v) is 15.1. The Labute approximate surface area is 159 Å². The van der Waals surface area contributed by atoms with E-state index in [4.69, 9.17) is 5.11 Å². The summed E-state index contributed by atoms with van der Waals surface area (Å²) in [6.45, 7) is 1.21. The third-order valence-corrected chi connectivity index (χ3v) is 3.81. The Bertz CT molecular complexity index is 878. The Morgan fingerprint density at radius 1 is 1.21 bits per heavy atom. The van der Waals surface area contributed by atoms with E-state index in [1.165, 1.54) is 19.2 Å². The lowest BCUT2D eigenvalue weighted by Crippen LogP contribution is -2.10. The van der Waals surface area contributed by atoms with E-state index in [2.05, 4.69) is 10.3 Å². The molecule has 2 rings (SSSR count). The Kier molecular flexibility index (Phi) is 6.92. The van der Waals surface area contributed by atoms with Crippen molar-refractivity contribution >= 4 is 23.1 Å². The normalized spacial score (nSPS) is 11.9. The molecule has 0 unspecified atom stereocenters. The maximum atomic E-state index is 13.3. The van der Waals surface area contributed by atoms with Gasteiger partial charge in [0.15, 0.2) is 0 Å². The number of benzene rings is 1. The molecule has 0 spiro atoms. The third-order valence-electron chi connectivity index (χ3n) is 3.81. The van der Waals surface area contributed by atoms with Crippen LogP contribution in [0.4, 0.5) is 18.9 Å².